The highest BCUT2D eigenvalue weighted by atomic mass is 79.9. The van der Waals surface area contributed by atoms with Gasteiger partial charge in [0.05, 0.1) is 30.3 Å². The van der Waals surface area contributed by atoms with Crippen LogP contribution in [0.15, 0.2) is 39.6 Å². The predicted octanol–water partition coefficient (Wildman–Crippen LogP) is 2.89. The number of hydrogen-bond donors (Lipinski definition) is 2. The number of halogens is 1. The van der Waals surface area contributed by atoms with Crippen LogP contribution in [0.4, 0.5) is 11.4 Å². The molecule has 0 saturated carbocycles. The lowest BCUT2D eigenvalue weighted by Gasteiger charge is -2.09. The summed E-state index contributed by atoms with van der Waals surface area (Å²) in [5.74, 6) is 0.307. The van der Waals surface area contributed by atoms with E-state index in [1.165, 1.54) is 6.26 Å². The number of nitrogen functional groups attached to an aromatic ring is 1. The minimum atomic E-state index is -0.310. The Hall–Kier alpha value is -1.95. The maximum atomic E-state index is 12.0. The molecule has 0 aliphatic carbocycles. The summed E-state index contributed by atoms with van der Waals surface area (Å²) in [6.07, 6.45) is 1.42. The molecule has 0 fully saturated rings. The summed E-state index contributed by atoms with van der Waals surface area (Å²) in [6, 6.07) is 6.61. The normalized spacial score (nSPS) is 10.1. The van der Waals surface area contributed by atoms with Crippen molar-refractivity contribution in [3.63, 3.8) is 0 Å². The maximum absolute atomic E-state index is 12.0. The van der Waals surface area contributed by atoms with Crippen LogP contribution < -0.4 is 15.8 Å². The summed E-state index contributed by atoms with van der Waals surface area (Å²) in [5.41, 5.74) is 7.13. The first-order valence-corrected chi connectivity index (χ1v) is 5.89. The van der Waals surface area contributed by atoms with Gasteiger partial charge in [-0.05, 0) is 34.1 Å². The number of carbonyl (C=O) groups excluding carboxylic acids is 1. The van der Waals surface area contributed by atoms with Crippen molar-refractivity contribution in [2.45, 2.75) is 0 Å². The number of anilines is 2. The molecule has 1 amide bonds. The Kier molecular flexibility index (Phi) is 3.57. The molecule has 2 rings (SSSR count). The zero-order chi connectivity index (χ0) is 13.1. The largest absolute Gasteiger partial charge is 0.497 e. The number of amides is 1. The zero-order valence-corrected chi connectivity index (χ0v) is 11.2. The quantitative estimate of drug-likeness (QED) is 0.855. The molecule has 3 N–H and O–H groups in total. The number of methoxy groups -OCH3 is 1. The highest BCUT2D eigenvalue weighted by Crippen LogP contribution is 2.26. The molecule has 1 heterocycles. The summed E-state index contributed by atoms with van der Waals surface area (Å²) in [4.78, 5) is 12.0. The lowest BCUT2D eigenvalue weighted by molar-refractivity contribution is 0.102. The minimum absolute atomic E-state index is 0.310. The van der Waals surface area contributed by atoms with Gasteiger partial charge in [-0.15, -0.1) is 0 Å². The van der Waals surface area contributed by atoms with E-state index in [2.05, 4.69) is 21.2 Å². The molecule has 0 saturated heterocycles. The number of ether oxygens (including phenoxy) is 1. The van der Waals surface area contributed by atoms with Gasteiger partial charge in [0.2, 0.25) is 0 Å². The Bertz CT molecular complexity index is 580. The molecule has 5 nitrogen and oxygen atoms in total. The number of carbonyl (C=O) groups is 1. The van der Waals surface area contributed by atoms with Gasteiger partial charge >= 0.3 is 0 Å². The fraction of sp³-hybridized carbons (Fsp3) is 0.0833. The Labute approximate surface area is 112 Å². The first-order valence-electron chi connectivity index (χ1n) is 5.09. The fourth-order valence-corrected chi connectivity index (χ4v) is 1.84. The van der Waals surface area contributed by atoms with Crippen molar-refractivity contribution >= 4 is 33.2 Å². The predicted molar refractivity (Wildman–Crippen MR) is 71.8 cm³/mol. The van der Waals surface area contributed by atoms with Crippen LogP contribution in [0, 0.1) is 0 Å². The van der Waals surface area contributed by atoms with Crippen molar-refractivity contribution in [2.24, 2.45) is 0 Å². The summed E-state index contributed by atoms with van der Waals surface area (Å²) in [7, 11) is 1.55. The van der Waals surface area contributed by atoms with E-state index in [-0.39, 0.29) is 5.91 Å². The minimum Gasteiger partial charge on any atom is -0.497 e. The van der Waals surface area contributed by atoms with E-state index in [0.717, 1.165) is 0 Å². The Morgan fingerprint density at radius 1 is 1.44 bits per heavy atom. The van der Waals surface area contributed by atoms with Crippen LogP contribution >= 0.6 is 15.9 Å². The maximum Gasteiger partial charge on any atom is 0.260 e. The molecule has 0 bridgehead atoms. The third kappa shape index (κ3) is 2.48. The molecule has 1 aromatic carbocycles. The van der Waals surface area contributed by atoms with Crippen molar-refractivity contribution in [1.29, 1.82) is 0 Å². The van der Waals surface area contributed by atoms with Gasteiger partial charge in [0.1, 0.15) is 5.75 Å². The third-order valence-corrected chi connectivity index (χ3v) is 2.99. The Morgan fingerprint density at radius 2 is 2.22 bits per heavy atom. The summed E-state index contributed by atoms with van der Waals surface area (Å²) in [6.45, 7) is 0. The van der Waals surface area contributed by atoms with Gasteiger partial charge < -0.3 is 20.2 Å². The highest BCUT2D eigenvalue weighted by Gasteiger charge is 2.14. The average molecular weight is 311 g/mol. The van der Waals surface area contributed by atoms with E-state index in [9.17, 15) is 4.79 Å². The van der Waals surface area contributed by atoms with Crippen molar-refractivity contribution in [1.82, 2.24) is 0 Å². The van der Waals surface area contributed by atoms with Crippen molar-refractivity contribution in [3.8, 4) is 5.75 Å². The molecular weight excluding hydrogens is 300 g/mol. The molecule has 0 aliphatic rings. The molecule has 2 aromatic rings. The second kappa shape index (κ2) is 5.14. The first-order chi connectivity index (χ1) is 8.61. The molecule has 18 heavy (non-hydrogen) atoms. The molecule has 0 unspecified atom stereocenters. The summed E-state index contributed by atoms with van der Waals surface area (Å²) in [5, 5.41) is 2.69. The average Bonchev–Trinajstić information content (AvgIpc) is 2.78. The van der Waals surface area contributed by atoms with Crippen LogP contribution in [-0.4, -0.2) is 13.0 Å². The van der Waals surface area contributed by atoms with Gasteiger partial charge in [-0.2, -0.15) is 0 Å². The van der Waals surface area contributed by atoms with Crippen LogP contribution in [0.3, 0.4) is 0 Å². The molecule has 0 atom stereocenters. The van der Waals surface area contributed by atoms with Gasteiger partial charge in [0, 0.05) is 6.07 Å². The second-order valence-corrected chi connectivity index (χ2v) is 4.24. The number of hydrogen-bond acceptors (Lipinski definition) is 4. The molecule has 0 aliphatic heterocycles. The van der Waals surface area contributed by atoms with Crippen molar-refractivity contribution in [2.75, 3.05) is 18.2 Å². The van der Waals surface area contributed by atoms with E-state index in [4.69, 9.17) is 14.9 Å². The number of furan rings is 1. The Morgan fingerprint density at radius 3 is 2.83 bits per heavy atom. The third-order valence-electron chi connectivity index (χ3n) is 2.37. The monoisotopic (exact) mass is 310 g/mol. The first kappa shape index (κ1) is 12.5. The van der Waals surface area contributed by atoms with E-state index in [1.54, 1.807) is 31.4 Å². The summed E-state index contributed by atoms with van der Waals surface area (Å²) < 4.78 is 10.4. The topological polar surface area (TPSA) is 77.5 Å². The molecular formula is C12H11BrN2O3. The van der Waals surface area contributed by atoms with Crippen LogP contribution in [-0.2, 0) is 0 Å². The van der Waals surface area contributed by atoms with Crippen molar-refractivity contribution in [3.05, 3.63) is 40.8 Å². The molecule has 0 radical (unpaired) electrons. The van der Waals surface area contributed by atoms with Gasteiger partial charge in [0.25, 0.3) is 5.91 Å². The molecule has 0 spiro atoms. The fourth-order valence-electron chi connectivity index (χ4n) is 1.42. The highest BCUT2D eigenvalue weighted by molar-refractivity contribution is 9.10. The Balaban J connectivity index is 2.24. The zero-order valence-electron chi connectivity index (χ0n) is 9.57. The summed E-state index contributed by atoms with van der Waals surface area (Å²) >= 11 is 3.14. The van der Waals surface area contributed by atoms with Crippen LogP contribution in [0.2, 0.25) is 0 Å². The van der Waals surface area contributed by atoms with Gasteiger partial charge in [-0.25, -0.2) is 0 Å². The van der Waals surface area contributed by atoms with E-state index < -0.39 is 0 Å². The SMILES string of the molecule is COc1ccc(N)c(NC(=O)c2ccoc2Br)c1. The van der Waals surface area contributed by atoms with Crippen LogP contribution in [0.5, 0.6) is 5.75 Å². The lowest BCUT2D eigenvalue weighted by Crippen LogP contribution is -2.13. The van der Waals surface area contributed by atoms with E-state index in [0.29, 0.717) is 27.4 Å². The molecule has 1 aromatic heterocycles. The number of rotatable bonds is 3. The molecule has 6 heteroatoms. The van der Waals surface area contributed by atoms with Gasteiger partial charge in [0.15, 0.2) is 4.67 Å². The number of nitrogens with one attached hydrogen (secondary N) is 1. The number of nitrogens with two attached hydrogens (primary N) is 1. The standard InChI is InChI=1S/C12H11BrN2O3/c1-17-7-2-3-9(14)10(6-7)15-12(16)8-4-5-18-11(8)13/h2-6H,14H2,1H3,(H,15,16). The second-order valence-electron chi connectivity index (χ2n) is 3.52. The van der Waals surface area contributed by atoms with E-state index >= 15 is 0 Å². The number of benzene rings is 1. The van der Waals surface area contributed by atoms with Crippen LogP contribution in [0.25, 0.3) is 0 Å². The van der Waals surface area contributed by atoms with Crippen molar-refractivity contribution < 1.29 is 13.9 Å². The molecule has 94 valence electrons. The van der Waals surface area contributed by atoms with Gasteiger partial charge in [-0.1, -0.05) is 0 Å². The van der Waals surface area contributed by atoms with Gasteiger partial charge in [-0.3, -0.25) is 4.79 Å². The lowest BCUT2D eigenvalue weighted by atomic mass is 10.2. The van der Waals surface area contributed by atoms with E-state index in [1.807, 2.05) is 0 Å². The van der Waals surface area contributed by atoms with Crippen LogP contribution in [0.1, 0.15) is 10.4 Å². The smallest absolute Gasteiger partial charge is 0.260 e.